The number of para-hydroxylation sites is 1. The van der Waals surface area contributed by atoms with Crippen LogP contribution < -0.4 is 5.32 Å². The second kappa shape index (κ2) is 5.90. The minimum atomic E-state index is 0.423. The van der Waals surface area contributed by atoms with Crippen LogP contribution in [0.2, 0.25) is 0 Å². The monoisotopic (exact) mass is 221 g/mol. The Labute approximate surface area is 98.7 Å². The molecule has 0 bridgehead atoms. The van der Waals surface area contributed by atoms with E-state index in [9.17, 15) is 5.11 Å². The summed E-state index contributed by atoms with van der Waals surface area (Å²) in [5.41, 5.74) is 1.92. The van der Waals surface area contributed by atoms with E-state index in [1.165, 1.54) is 0 Å². The van der Waals surface area contributed by atoms with Crippen molar-refractivity contribution < 1.29 is 5.11 Å². The van der Waals surface area contributed by atoms with Gasteiger partial charge in [-0.25, -0.2) is 0 Å². The predicted octanol–water partition coefficient (Wildman–Crippen LogP) is 3.08. The number of aromatic hydroxyl groups is 1. The fourth-order valence-electron chi connectivity index (χ4n) is 1.53. The molecule has 1 unspecified atom stereocenters. The van der Waals surface area contributed by atoms with E-state index >= 15 is 0 Å². The van der Waals surface area contributed by atoms with Crippen molar-refractivity contribution in [3.8, 4) is 5.75 Å². The molecule has 0 aliphatic carbocycles. The van der Waals surface area contributed by atoms with E-state index in [0.29, 0.717) is 17.6 Å². The maximum Gasteiger partial charge on any atom is 0.122 e. The van der Waals surface area contributed by atoms with E-state index < -0.39 is 0 Å². The van der Waals surface area contributed by atoms with Crippen LogP contribution in [0, 0.1) is 18.8 Å². The van der Waals surface area contributed by atoms with E-state index in [0.717, 1.165) is 24.2 Å². The Morgan fingerprint density at radius 1 is 1.25 bits per heavy atom. The summed E-state index contributed by atoms with van der Waals surface area (Å²) in [7, 11) is 0. The number of rotatable bonds is 5. The van der Waals surface area contributed by atoms with Gasteiger partial charge < -0.3 is 10.4 Å². The highest BCUT2D eigenvalue weighted by Gasteiger charge is 2.07. The molecule has 0 radical (unpaired) electrons. The Hall–Kier alpha value is -1.02. The number of aryl methyl sites for hydroxylation is 1. The van der Waals surface area contributed by atoms with Crippen molar-refractivity contribution in [2.75, 3.05) is 6.54 Å². The summed E-state index contributed by atoms with van der Waals surface area (Å²) in [4.78, 5) is 0. The van der Waals surface area contributed by atoms with E-state index in [4.69, 9.17) is 0 Å². The van der Waals surface area contributed by atoms with Crippen molar-refractivity contribution in [3.63, 3.8) is 0 Å². The lowest BCUT2D eigenvalue weighted by Gasteiger charge is -2.16. The van der Waals surface area contributed by atoms with Crippen molar-refractivity contribution in [2.45, 2.75) is 34.2 Å². The van der Waals surface area contributed by atoms with Crippen LogP contribution in [-0.2, 0) is 6.54 Å². The Kier molecular flexibility index (Phi) is 4.81. The molecule has 0 aliphatic heterocycles. The van der Waals surface area contributed by atoms with Crippen molar-refractivity contribution in [1.29, 1.82) is 0 Å². The Morgan fingerprint density at radius 2 is 1.94 bits per heavy atom. The molecule has 0 spiro atoms. The fraction of sp³-hybridized carbons (Fsp3) is 0.571. The number of nitrogens with one attached hydrogen (secondary N) is 1. The van der Waals surface area contributed by atoms with E-state index in [1.54, 1.807) is 0 Å². The topological polar surface area (TPSA) is 32.3 Å². The molecule has 0 amide bonds. The van der Waals surface area contributed by atoms with Gasteiger partial charge in [-0.15, -0.1) is 0 Å². The zero-order valence-corrected chi connectivity index (χ0v) is 10.7. The zero-order valence-electron chi connectivity index (χ0n) is 10.7. The van der Waals surface area contributed by atoms with Gasteiger partial charge in [-0.1, -0.05) is 39.0 Å². The third-order valence-corrected chi connectivity index (χ3v) is 3.24. The summed E-state index contributed by atoms with van der Waals surface area (Å²) in [5.74, 6) is 1.78. The molecular formula is C14H23NO. The van der Waals surface area contributed by atoms with Gasteiger partial charge in [0.2, 0.25) is 0 Å². The molecule has 0 heterocycles. The van der Waals surface area contributed by atoms with Gasteiger partial charge in [0.25, 0.3) is 0 Å². The van der Waals surface area contributed by atoms with Crippen molar-refractivity contribution in [3.05, 3.63) is 29.3 Å². The van der Waals surface area contributed by atoms with Crippen LogP contribution in [-0.4, -0.2) is 11.7 Å². The minimum absolute atomic E-state index is 0.423. The first kappa shape index (κ1) is 13.0. The van der Waals surface area contributed by atoms with Crippen molar-refractivity contribution in [1.82, 2.24) is 5.32 Å². The summed E-state index contributed by atoms with van der Waals surface area (Å²) in [6, 6.07) is 5.88. The largest absolute Gasteiger partial charge is 0.507 e. The van der Waals surface area contributed by atoms with E-state index in [2.05, 4.69) is 26.1 Å². The molecule has 0 fully saturated rings. The SMILES string of the molecule is Cc1cccc(CNCC(C)C(C)C)c1O. The van der Waals surface area contributed by atoms with Crippen LogP contribution in [0.3, 0.4) is 0 Å². The third-order valence-electron chi connectivity index (χ3n) is 3.24. The number of hydrogen-bond acceptors (Lipinski definition) is 2. The number of phenolic OH excluding ortho intramolecular Hbond substituents is 1. The van der Waals surface area contributed by atoms with Gasteiger partial charge in [0.15, 0.2) is 0 Å². The first-order valence-electron chi connectivity index (χ1n) is 6.00. The number of phenols is 1. The van der Waals surface area contributed by atoms with Crippen LogP contribution >= 0.6 is 0 Å². The highest BCUT2D eigenvalue weighted by Crippen LogP contribution is 2.21. The molecule has 16 heavy (non-hydrogen) atoms. The molecule has 0 aromatic heterocycles. The van der Waals surface area contributed by atoms with Gasteiger partial charge in [0, 0.05) is 12.1 Å². The van der Waals surface area contributed by atoms with E-state index in [1.807, 2.05) is 25.1 Å². The molecule has 0 aliphatic rings. The Bertz CT molecular complexity index is 334. The number of benzene rings is 1. The van der Waals surface area contributed by atoms with Crippen LogP contribution in [0.15, 0.2) is 18.2 Å². The summed E-state index contributed by atoms with van der Waals surface area (Å²) >= 11 is 0. The first-order chi connectivity index (χ1) is 7.52. The molecule has 2 heteroatoms. The lowest BCUT2D eigenvalue weighted by atomic mass is 9.98. The fourth-order valence-corrected chi connectivity index (χ4v) is 1.53. The highest BCUT2D eigenvalue weighted by molar-refractivity contribution is 5.39. The van der Waals surface area contributed by atoms with Gasteiger partial charge in [0.1, 0.15) is 5.75 Å². The summed E-state index contributed by atoms with van der Waals surface area (Å²) < 4.78 is 0. The Morgan fingerprint density at radius 3 is 2.56 bits per heavy atom. The van der Waals surface area contributed by atoms with Gasteiger partial charge in [-0.2, -0.15) is 0 Å². The summed E-state index contributed by atoms with van der Waals surface area (Å²) in [5, 5.41) is 13.2. The van der Waals surface area contributed by atoms with E-state index in [-0.39, 0.29) is 0 Å². The molecule has 1 rings (SSSR count). The lowest BCUT2D eigenvalue weighted by Crippen LogP contribution is -2.23. The molecule has 1 atom stereocenters. The van der Waals surface area contributed by atoms with Crippen LogP contribution in [0.25, 0.3) is 0 Å². The van der Waals surface area contributed by atoms with Crippen LogP contribution in [0.4, 0.5) is 0 Å². The van der Waals surface area contributed by atoms with Gasteiger partial charge in [-0.05, 0) is 30.9 Å². The lowest BCUT2D eigenvalue weighted by molar-refractivity contribution is 0.389. The molecule has 1 aromatic rings. The predicted molar refractivity (Wildman–Crippen MR) is 68.6 cm³/mol. The van der Waals surface area contributed by atoms with Crippen LogP contribution in [0.1, 0.15) is 31.9 Å². The summed E-state index contributed by atoms with van der Waals surface area (Å²) in [6.45, 7) is 10.4. The standard InChI is InChI=1S/C14H23NO/c1-10(2)12(4)8-15-9-13-7-5-6-11(3)14(13)16/h5-7,10,12,15-16H,8-9H2,1-4H3. The highest BCUT2D eigenvalue weighted by atomic mass is 16.3. The quantitative estimate of drug-likeness (QED) is 0.801. The molecule has 0 saturated heterocycles. The zero-order chi connectivity index (χ0) is 12.1. The maximum absolute atomic E-state index is 9.83. The number of hydrogen-bond donors (Lipinski definition) is 2. The minimum Gasteiger partial charge on any atom is -0.507 e. The van der Waals surface area contributed by atoms with Gasteiger partial charge in [0.05, 0.1) is 0 Å². The summed E-state index contributed by atoms with van der Waals surface area (Å²) in [6.07, 6.45) is 0. The van der Waals surface area contributed by atoms with Crippen molar-refractivity contribution in [2.24, 2.45) is 11.8 Å². The second-order valence-corrected chi connectivity index (χ2v) is 4.93. The Balaban J connectivity index is 2.46. The molecule has 0 saturated carbocycles. The third kappa shape index (κ3) is 3.53. The average Bonchev–Trinajstić information content (AvgIpc) is 2.24. The van der Waals surface area contributed by atoms with Gasteiger partial charge >= 0.3 is 0 Å². The first-order valence-corrected chi connectivity index (χ1v) is 6.00. The van der Waals surface area contributed by atoms with Crippen molar-refractivity contribution >= 4 is 0 Å². The molecule has 2 N–H and O–H groups in total. The average molecular weight is 221 g/mol. The molecule has 2 nitrogen and oxygen atoms in total. The smallest absolute Gasteiger partial charge is 0.122 e. The van der Waals surface area contributed by atoms with Gasteiger partial charge in [-0.3, -0.25) is 0 Å². The second-order valence-electron chi connectivity index (χ2n) is 4.93. The molecular weight excluding hydrogens is 198 g/mol. The maximum atomic E-state index is 9.83. The van der Waals surface area contributed by atoms with Crippen LogP contribution in [0.5, 0.6) is 5.75 Å². The normalized spacial score (nSPS) is 13.1. The molecule has 1 aromatic carbocycles. The molecule has 90 valence electrons.